The van der Waals surface area contributed by atoms with Crippen molar-refractivity contribution in [3.05, 3.63) is 57.6 Å². The predicted octanol–water partition coefficient (Wildman–Crippen LogP) is 5.38. The molecule has 2 nitrogen and oxygen atoms in total. The van der Waals surface area contributed by atoms with Crippen molar-refractivity contribution in [3.8, 4) is 0 Å². The van der Waals surface area contributed by atoms with Gasteiger partial charge in [-0.1, -0.05) is 0 Å². The zero-order chi connectivity index (χ0) is 18.3. The fraction of sp³-hybridized carbons (Fsp3) is 0.381. The van der Waals surface area contributed by atoms with Gasteiger partial charge in [0.25, 0.3) is 0 Å². The molecule has 0 atom stereocenters. The van der Waals surface area contributed by atoms with E-state index in [2.05, 4.69) is 96.0 Å². The summed E-state index contributed by atoms with van der Waals surface area (Å²) in [5.74, 6) is 0. The van der Waals surface area contributed by atoms with Gasteiger partial charge < -0.3 is 0 Å². The number of nitrogens with zero attached hydrogens (tertiary/aromatic N) is 2. The summed E-state index contributed by atoms with van der Waals surface area (Å²) in [4.78, 5) is 4.99. The number of hydrogen-bond acceptors (Lipinski definition) is 2. The second-order valence-electron chi connectivity index (χ2n) is 7.09. The Morgan fingerprint density at radius 2 is 1.00 bits per heavy atom. The molecule has 4 heteroatoms. The summed E-state index contributed by atoms with van der Waals surface area (Å²) >= 11 is 4.34. The summed E-state index contributed by atoms with van der Waals surface area (Å²) in [6, 6.07) is 9.17. The second-order valence-corrected chi connectivity index (χ2v) is 9.03. The van der Waals surface area contributed by atoms with Crippen LogP contribution in [0.3, 0.4) is 0 Å². The van der Waals surface area contributed by atoms with Gasteiger partial charge in [-0.3, -0.25) is 0 Å². The summed E-state index contributed by atoms with van der Waals surface area (Å²) in [6.45, 7) is 15.3. The van der Waals surface area contributed by atoms with Crippen LogP contribution >= 0.6 is 20.3 Å². The molecule has 3 rings (SSSR count). The first-order chi connectivity index (χ1) is 11.8. The molecule has 0 N–H and O–H groups in total. The summed E-state index contributed by atoms with van der Waals surface area (Å²) in [6.07, 6.45) is 0. The number of benzene rings is 2. The van der Waals surface area contributed by atoms with E-state index in [0.29, 0.717) is 0 Å². The van der Waals surface area contributed by atoms with Crippen LogP contribution < -0.4 is 9.80 Å². The number of hydrogen-bond donors (Lipinski definition) is 0. The molecule has 0 bridgehead atoms. The van der Waals surface area contributed by atoms with Crippen LogP contribution in [0.5, 0.6) is 0 Å². The summed E-state index contributed by atoms with van der Waals surface area (Å²) < 4.78 is 1.31. The van der Waals surface area contributed by atoms with Crippen LogP contribution in [0.25, 0.3) is 0 Å². The molecule has 0 saturated carbocycles. The molecule has 138 valence electrons. The molecule has 0 spiro atoms. The fourth-order valence-electron chi connectivity index (χ4n) is 4.16. The van der Waals surface area contributed by atoms with E-state index in [1.807, 2.05) is 11.3 Å². The molecular formula is C21H26CuIN2. The average Bonchev–Trinajstić information content (AvgIpc) is 2.88. The average molecular weight is 497 g/mol. The first kappa shape index (κ1) is 18.9. The van der Waals surface area contributed by atoms with E-state index < -0.39 is 0 Å². The topological polar surface area (TPSA) is 6.48 Å². The summed E-state index contributed by atoms with van der Waals surface area (Å²) in [5, 5.41) is 0. The predicted molar refractivity (Wildman–Crippen MR) is 115 cm³/mol. The van der Waals surface area contributed by atoms with Crippen molar-refractivity contribution in [2.75, 3.05) is 22.9 Å². The third-order valence-electron chi connectivity index (χ3n) is 4.81. The summed E-state index contributed by atoms with van der Waals surface area (Å²) in [5.41, 5.74) is 10.8. The molecule has 1 aliphatic heterocycles. The molecule has 2 aromatic carbocycles. The van der Waals surface area contributed by atoms with E-state index in [4.69, 9.17) is 0 Å². The van der Waals surface area contributed by atoms with E-state index in [9.17, 15) is 0 Å². The zero-order valence-electron chi connectivity index (χ0n) is 15.8. The number of aryl methyl sites for hydroxylation is 6. The fourth-order valence-corrected chi connectivity index (χ4v) is 6.22. The Balaban J connectivity index is 2.07. The molecule has 1 aliphatic rings. The molecule has 25 heavy (non-hydrogen) atoms. The Morgan fingerprint density at radius 1 is 0.680 bits per heavy atom. The van der Waals surface area contributed by atoms with E-state index in [1.165, 1.54) is 49.4 Å². The van der Waals surface area contributed by atoms with E-state index in [-0.39, 0.29) is 0 Å². The van der Waals surface area contributed by atoms with Gasteiger partial charge in [-0.2, -0.15) is 0 Å². The van der Waals surface area contributed by atoms with Crippen molar-refractivity contribution in [2.24, 2.45) is 0 Å². The van der Waals surface area contributed by atoms with Gasteiger partial charge in [-0.25, -0.2) is 0 Å². The number of rotatable bonds is 2. The van der Waals surface area contributed by atoms with Gasteiger partial charge in [0.1, 0.15) is 0 Å². The Hall–Kier alpha value is -0.841. The van der Waals surface area contributed by atoms with Crippen molar-refractivity contribution >= 4 is 36.4 Å². The second kappa shape index (κ2) is 7.42. The van der Waals surface area contributed by atoms with Crippen LogP contribution in [0.1, 0.15) is 33.4 Å². The first-order valence-corrected chi connectivity index (χ1v) is 12.1. The van der Waals surface area contributed by atoms with Gasteiger partial charge in [-0.15, -0.1) is 0 Å². The molecule has 0 radical (unpaired) electrons. The van der Waals surface area contributed by atoms with Gasteiger partial charge in [0, 0.05) is 0 Å². The van der Waals surface area contributed by atoms with Crippen molar-refractivity contribution in [2.45, 2.75) is 41.5 Å². The van der Waals surface area contributed by atoms with E-state index in [0.717, 1.165) is 13.1 Å². The Morgan fingerprint density at radius 3 is 1.28 bits per heavy atom. The maximum absolute atomic E-state index is 2.50. The minimum absolute atomic E-state index is 1.03. The first-order valence-electron chi connectivity index (χ1n) is 8.60. The molecule has 2 aromatic rings. The molecule has 0 amide bonds. The van der Waals surface area contributed by atoms with Crippen LogP contribution in [0.15, 0.2) is 24.3 Å². The third kappa shape index (κ3) is 3.54. The summed E-state index contributed by atoms with van der Waals surface area (Å²) in [7, 11) is 0. The van der Waals surface area contributed by atoms with Crippen molar-refractivity contribution < 1.29 is 11.3 Å². The molecular weight excluding hydrogens is 471 g/mol. The Bertz CT molecular complexity index is 743. The molecule has 0 aromatic heterocycles. The SMILES string of the molecule is Cc1cc(C)c(N2CCN(c3c(C)cc(C)cc3C)[C]2=[Cu][I])c(C)c1. The quantitative estimate of drug-likeness (QED) is 0.407. The van der Waals surface area contributed by atoms with Gasteiger partial charge in [0.15, 0.2) is 0 Å². The molecule has 0 aliphatic carbocycles. The molecule has 0 unspecified atom stereocenters. The number of anilines is 2. The van der Waals surface area contributed by atoms with Crippen LogP contribution in [0.4, 0.5) is 11.4 Å². The Labute approximate surface area is 169 Å². The van der Waals surface area contributed by atoms with Gasteiger partial charge in [0.2, 0.25) is 0 Å². The molecule has 1 heterocycles. The van der Waals surface area contributed by atoms with Crippen LogP contribution in [0, 0.1) is 41.5 Å². The zero-order valence-corrected chi connectivity index (χ0v) is 18.9. The van der Waals surface area contributed by atoms with Crippen molar-refractivity contribution in [1.29, 1.82) is 0 Å². The molecule has 1 saturated heterocycles. The van der Waals surface area contributed by atoms with Crippen LogP contribution in [-0.2, 0) is 11.3 Å². The maximum atomic E-state index is 2.50. The standard InChI is InChI=1S/C21H26N2.Cu.HI/c1-14-9-16(3)20(17(4)10-14)22-7-8-23(13-22)21-18(5)11-15(2)12-19(21)6;;/h9-12H,7-8H2,1-6H3;;1H/q;+1;/p-1. The van der Waals surface area contributed by atoms with Gasteiger partial charge >= 0.3 is 170 Å². The van der Waals surface area contributed by atoms with Crippen molar-refractivity contribution in [1.82, 2.24) is 0 Å². The van der Waals surface area contributed by atoms with E-state index in [1.54, 1.807) is 0 Å². The monoisotopic (exact) mass is 496 g/mol. The van der Waals surface area contributed by atoms with E-state index >= 15 is 0 Å². The third-order valence-corrected chi connectivity index (χ3v) is 6.68. The Kier molecular flexibility index (Phi) is 5.62. The molecule has 1 fully saturated rings. The van der Waals surface area contributed by atoms with Gasteiger partial charge in [-0.05, 0) is 0 Å². The van der Waals surface area contributed by atoms with Crippen molar-refractivity contribution in [3.63, 3.8) is 0 Å². The van der Waals surface area contributed by atoms with Crippen LogP contribution in [-0.4, -0.2) is 17.8 Å². The minimum atomic E-state index is 1.03. The van der Waals surface area contributed by atoms with Crippen LogP contribution in [0.2, 0.25) is 0 Å². The normalized spacial score (nSPS) is 14.8. The van der Waals surface area contributed by atoms with Gasteiger partial charge in [0.05, 0.1) is 0 Å². The number of halogens is 1.